The molecule has 4 rings (SSSR count). The summed E-state index contributed by atoms with van der Waals surface area (Å²) in [5, 5.41) is 34.1. The van der Waals surface area contributed by atoms with E-state index in [4.69, 9.17) is 9.84 Å². The van der Waals surface area contributed by atoms with Gasteiger partial charge >= 0.3 is 6.09 Å². The first-order valence-electron chi connectivity index (χ1n) is 9.57. The van der Waals surface area contributed by atoms with Crippen LogP contribution in [0.2, 0.25) is 0 Å². The molecule has 1 N–H and O–H groups in total. The van der Waals surface area contributed by atoms with E-state index in [0.717, 1.165) is 0 Å². The third-order valence-corrected chi connectivity index (χ3v) is 5.25. The van der Waals surface area contributed by atoms with Crippen LogP contribution in [0.1, 0.15) is 30.1 Å². The predicted octanol–water partition coefficient (Wildman–Crippen LogP) is 1.98. The number of tetrazole rings is 1. The van der Waals surface area contributed by atoms with Gasteiger partial charge in [-0.3, -0.25) is 4.68 Å². The predicted molar refractivity (Wildman–Crippen MR) is 103 cm³/mol. The minimum absolute atomic E-state index is 0.0291. The number of halogens is 1. The van der Waals surface area contributed by atoms with Crippen molar-refractivity contribution in [2.24, 2.45) is 7.05 Å². The Morgan fingerprint density at radius 2 is 2.16 bits per heavy atom. The highest BCUT2D eigenvalue weighted by Crippen LogP contribution is 2.27. The molecule has 1 amide bonds. The number of carboxylic acid groups (broad SMARTS) is 1. The first-order valence-corrected chi connectivity index (χ1v) is 9.57. The molecule has 2 aromatic heterocycles. The fourth-order valence-electron chi connectivity index (χ4n) is 3.59. The first-order chi connectivity index (χ1) is 15.0. The maximum absolute atomic E-state index is 14.5. The molecule has 1 saturated heterocycles. The zero-order valence-electron chi connectivity index (χ0n) is 16.6. The Labute approximate surface area is 176 Å². The number of carbonyl (C=O) groups is 1. The molecule has 0 bridgehead atoms. The molecule has 0 spiro atoms. The number of likely N-dealkylation sites (tertiary alicyclic amines) is 1. The highest BCUT2D eigenvalue weighted by molar-refractivity contribution is 5.65. The lowest BCUT2D eigenvalue weighted by atomic mass is 10.1. The lowest BCUT2D eigenvalue weighted by Gasteiger charge is -2.30. The SMILES string of the molecule is Cn1nnnc1-c1ccc(OCc2cnn(C3CCN(C(=O)O)CC3)c2C#N)c(F)c1. The topological polar surface area (TPSA) is 135 Å². The number of hydrogen-bond donors (Lipinski definition) is 1. The summed E-state index contributed by atoms with van der Waals surface area (Å²) in [5.74, 6) is -0.120. The van der Waals surface area contributed by atoms with E-state index in [1.165, 1.54) is 27.9 Å². The Balaban J connectivity index is 1.45. The van der Waals surface area contributed by atoms with Crippen molar-refractivity contribution < 1.29 is 19.0 Å². The average Bonchev–Trinajstić information content (AvgIpc) is 3.38. The van der Waals surface area contributed by atoms with Gasteiger partial charge in [0.15, 0.2) is 17.4 Å². The smallest absolute Gasteiger partial charge is 0.407 e. The molecule has 1 fully saturated rings. The Morgan fingerprint density at radius 1 is 1.39 bits per heavy atom. The minimum atomic E-state index is -0.947. The quantitative estimate of drug-likeness (QED) is 0.654. The number of aromatic nitrogens is 6. The summed E-state index contributed by atoms with van der Waals surface area (Å²) in [7, 11) is 1.66. The van der Waals surface area contributed by atoms with Gasteiger partial charge in [-0.25, -0.2) is 13.9 Å². The highest BCUT2D eigenvalue weighted by Gasteiger charge is 2.26. The summed E-state index contributed by atoms with van der Waals surface area (Å²) < 4.78 is 23.2. The normalized spacial score (nSPS) is 14.4. The Morgan fingerprint density at radius 3 is 2.77 bits per heavy atom. The molecule has 3 heterocycles. The van der Waals surface area contributed by atoms with Crippen molar-refractivity contribution in [3.8, 4) is 23.2 Å². The van der Waals surface area contributed by atoms with Gasteiger partial charge < -0.3 is 14.7 Å². The number of hydrogen-bond acceptors (Lipinski definition) is 7. The van der Waals surface area contributed by atoms with Crippen LogP contribution >= 0.6 is 0 Å². The second kappa shape index (κ2) is 8.39. The number of rotatable bonds is 5. The van der Waals surface area contributed by atoms with Gasteiger partial charge in [-0.2, -0.15) is 10.4 Å². The molecular formula is C19H19FN8O3. The molecule has 0 aliphatic carbocycles. The standard InChI is InChI=1S/C19H19FN8O3/c1-26-18(23-24-25-26)12-2-3-17(15(20)8-12)31-11-13-10-22-28(16(13)9-21)14-4-6-27(7-5-14)19(29)30/h2-3,8,10,14H,4-7,11H2,1H3,(H,29,30). The van der Waals surface area contributed by atoms with Gasteiger partial charge in [0.1, 0.15) is 18.4 Å². The lowest BCUT2D eigenvalue weighted by molar-refractivity contribution is 0.123. The molecule has 1 aliphatic rings. The molecule has 0 atom stereocenters. The molecule has 11 nitrogen and oxygen atoms in total. The lowest BCUT2D eigenvalue weighted by Crippen LogP contribution is -2.38. The molecule has 12 heteroatoms. The summed E-state index contributed by atoms with van der Waals surface area (Å²) in [5.41, 5.74) is 1.37. The zero-order chi connectivity index (χ0) is 22.0. The Kier molecular flexibility index (Phi) is 5.48. The van der Waals surface area contributed by atoms with Crippen LogP contribution in [0, 0.1) is 17.1 Å². The number of amides is 1. The van der Waals surface area contributed by atoms with E-state index in [1.807, 2.05) is 0 Å². The van der Waals surface area contributed by atoms with Crippen LogP contribution in [0.3, 0.4) is 0 Å². The molecule has 1 aliphatic heterocycles. The number of ether oxygens (including phenoxy) is 1. The van der Waals surface area contributed by atoms with Crippen LogP contribution in [-0.4, -0.2) is 59.2 Å². The van der Waals surface area contributed by atoms with Crippen molar-refractivity contribution in [3.63, 3.8) is 0 Å². The van der Waals surface area contributed by atoms with Crippen LogP contribution in [0.5, 0.6) is 5.75 Å². The second-order valence-electron chi connectivity index (χ2n) is 7.14. The van der Waals surface area contributed by atoms with Gasteiger partial charge in [-0.05, 0) is 41.5 Å². The number of benzene rings is 1. The van der Waals surface area contributed by atoms with Crippen LogP contribution in [0.25, 0.3) is 11.4 Å². The van der Waals surface area contributed by atoms with Gasteiger partial charge in [0.2, 0.25) is 0 Å². The first kappa shape index (κ1) is 20.3. The molecule has 0 unspecified atom stereocenters. The molecule has 0 saturated carbocycles. The molecule has 31 heavy (non-hydrogen) atoms. The zero-order valence-corrected chi connectivity index (χ0v) is 16.6. The summed E-state index contributed by atoms with van der Waals surface area (Å²) >= 11 is 0. The maximum atomic E-state index is 14.5. The maximum Gasteiger partial charge on any atom is 0.407 e. The minimum Gasteiger partial charge on any atom is -0.486 e. The van der Waals surface area contributed by atoms with Crippen LogP contribution in [-0.2, 0) is 13.7 Å². The van der Waals surface area contributed by atoms with Crippen molar-refractivity contribution >= 4 is 6.09 Å². The Hall–Kier alpha value is -4.01. The largest absolute Gasteiger partial charge is 0.486 e. The van der Waals surface area contributed by atoms with Gasteiger partial charge in [0.05, 0.1) is 12.2 Å². The van der Waals surface area contributed by atoms with Crippen LogP contribution in [0.4, 0.5) is 9.18 Å². The number of nitriles is 1. The molecule has 0 radical (unpaired) electrons. The number of aryl methyl sites for hydroxylation is 1. The van der Waals surface area contributed by atoms with Gasteiger partial charge in [0.25, 0.3) is 0 Å². The van der Waals surface area contributed by atoms with Gasteiger partial charge in [-0.1, -0.05) is 0 Å². The van der Waals surface area contributed by atoms with E-state index in [1.54, 1.807) is 17.8 Å². The fraction of sp³-hybridized carbons (Fsp3) is 0.368. The van der Waals surface area contributed by atoms with E-state index >= 15 is 0 Å². The van der Waals surface area contributed by atoms with Crippen LogP contribution in [0.15, 0.2) is 24.4 Å². The monoisotopic (exact) mass is 426 g/mol. The second-order valence-corrected chi connectivity index (χ2v) is 7.14. The summed E-state index contributed by atoms with van der Waals surface area (Å²) in [6.45, 7) is 0.739. The average molecular weight is 426 g/mol. The summed E-state index contributed by atoms with van der Waals surface area (Å²) in [4.78, 5) is 12.4. The fourth-order valence-corrected chi connectivity index (χ4v) is 3.59. The Bertz CT molecular complexity index is 1140. The summed E-state index contributed by atoms with van der Waals surface area (Å²) in [6.07, 6.45) is 1.71. The third-order valence-electron chi connectivity index (χ3n) is 5.25. The van der Waals surface area contributed by atoms with E-state index in [0.29, 0.717) is 48.6 Å². The molecular weight excluding hydrogens is 407 g/mol. The van der Waals surface area contributed by atoms with Gasteiger partial charge in [0, 0.05) is 31.3 Å². The summed E-state index contributed by atoms with van der Waals surface area (Å²) in [6, 6.07) is 6.47. The molecule has 1 aromatic carbocycles. The molecule has 3 aromatic rings. The molecule has 160 valence electrons. The van der Waals surface area contributed by atoms with E-state index < -0.39 is 11.9 Å². The van der Waals surface area contributed by atoms with Crippen molar-refractivity contribution in [2.75, 3.05) is 13.1 Å². The van der Waals surface area contributed by atoms with Crippen molar-refractivity contribution in [2.45, 2.75) is 25.5 Å². The third kappa shape index (κ3) is 4.02. The van der Waals surface area contributed by atoms with E-state index in [2.05, 4.69) is 26.7 Å². The van der Waals surface area contributed by atoms with E-state index in [9.17, 15) is 14.4 Å². The van der Waals surface area contributed by atoms with E-state index in [-0.39, 0.29) is 18.4 Å². The number of piperidine rings is 1. The van der Waals surface area contributed by atoms with Crippen molar-refractivity contribution in [1.82, 2.24) is 34.9 Å². The van der Waals surface area contributed by atoms with Crippen LogP contribution < -0.4 is 4.74 Å². The highest BCUT2D eigenvalue weighted by atomic mass is 19.1. The van der Waals surface area contributed by atoms with Crippen molar-refractivity contribution in [3.05, 3.63) is 41.5 Å². The van der Waals surface area contributed by atoms with Crippen molar-refractivity contribution in [1.29, 1.82) is 5.26 Å². The number of nitrogens with zero attached hydrogens (tertiary/aromatic N) is 8. The van der Waals surface area contributed by atoms with Gasteiger partial charge in [-0.15, -0.1) is 5.10 Å².